The highest BCUT2D eigenvalue weighted by Gasteiger charge is 2.62. The molecule has 0 N–H and O–H groups in total. The zero-order valence-corrected chi connectivity index (χ0v) is 14.4. The Morgan fingerprint density at radius 2 is 1.48 bits per heavy atom. The molecule has 0 amide bonds. The molecule has 11 heteroatoms. The summed E-state index contributed by atoms with van der Waals surface area (Å²) in [7, 11) is 0. The molecule has 1 aliphatic carbocycles. The molecular formula is C16H11ClF8O2. The summed E-state index contributed by atoms with van der Waals surface area (Å²) in [6.07, 6.45) is -4.20. The summed E-state index contributed by atoms with van der Waals surface area (Å²) in [6, 6.07) is 0. The van der Waals surface area contributed by atoms with E-state index in [1.807, 2.05) is 0 Å². The lowest BCUT2D eigenvalue weighted by atomic mass is 10.1. The Balaban J connectivity index is 2.16. The fourth-order valence-electron chi connectivity index (χ4n) is 2.70. The maximum absolute atomic E-state index is 13.5. The standard InChI is InChI=1S/C16H11ClF8O2/c1-15(2)6(3-7(17)16(23,24)25)8(15)14(26)27-4-5-9(18)11(20)13(22)12(21)10(5)19/h3,6,8H,4H2,1-2H3/b7-3+. The van der Waals surface area contributed by atoms with Gasteiger partial charge in [-0.15, -0.1) is 0 Å². The number of hydrogen-bond acceptors (Lipinski definition) is 2. The van der Waals surface area contributed by atoms with Gasteiger partial charge in [-0.2, -0.15) is 13.2 Å². The van der Waals surface area contributed by atoms with Crippen LogP contribution in [-0.4, -0.2) is 12.1 Å². The predicted octanol–water partition coefficient (Wildman–Crippen LogP) is 5.38. The molecule has 0 bridgehead atoms. The zero-order chi connectivity index (χ0) is 20.9. The lowest BCUT2D eigenvalue weighted by Crippen LogP contribution is -2.14. The van der Waals surface area contributed by atoms with Crippen LogP contribution in [0.5, 0.6) is 0 Å². The van der Waals surface area contributed by atoms with Crippen LogP contribution in [0.1, 0.15) is 19.4 Å². The van der Waals surface area contributed by atoms with Crippen LogP contribution >= 0.6 is 11.6 Å². The molecule has 0 heterocycles. The van der Waals surface area contributed by atoms with E-state index in [4.69, 9.17) is 11.6 Å². The summed E-state index contributed by atoms with van der Waals surface area (Å²) >= 11 is 5.12. The van der Waals surface area contributed by atoms with E-state index in [0.29, 0.717) is 6.08 Å². The molecule has 2 unspecified atom stereocenters. The molecular weight excluding hydrogens is 412 g/mol. The molecule has 27 heavy (non-hydrogen) atoms. The zero-order valence-electron chi connectivity index (χ0n) is 13.7. The van der Waals surface area contributed by atoms with Crippen LogP contribution < -0.4 is 0 Å². The Morgan fingerprint density at radius 3 is 1.93 bits per heavy atom. The van der Waals surface area contributed by atoms with Crippen LogP contribution in [0.15, 0.2) is 11.1 Å². The van der Waals surface area contributed by atoms with E-state index < -0.39 is 75.7 Å². The monoisotopic (exact) mass is 422 g/mol. The average molecular weight is 423 g/mol. The van der Waals surface area contributed by atoms with Crippen molar-refractivity contribution < 1.29 is 44.7 Å². The highest BCUT2D eigenvalue weighted by atomic mass is 35.5. The molecule has 0 spiro atoms. The third-order valence-corrected chi connectivity index (χ3v) is 4.76. The van der Waals surface area contributed by atoms with E-state index >= 15 is 0 Å². The van der Waals surface area contributed by atoms with Gasteiger partial charge in [-0.05, 0) is 11.3 Å². The van der Waals surface area contributed by atoms with Gasteiger partial charge in [0.2, 0.25) is 5.82 Å². The van der Waals surface area contributed by atoms with Crippen LogP contribution in [0.25, 0.3) is 0 Å². The Morgan fingerprint density at radius 1 is 1.04 bits per heavy atom. The largest absolute Gasteiger partial charge is 0.460 e. The summed E-state index contributed by atoms with van der Waals surface area (Å²) in [4.78, 5) is 12.0. The highest BCUT2D eigenvalue weighted by Crippen LogP contribution is 2.60. The van der Waals surface area contributed by atoms with Gasteiger partial charge in [0, 0.05) is 0 Å². The van der Waals surface area contributed by atoms with Crippen LogP contribution in [0.3, 0.4) is 0 Å². The van der Waals surface area contributed by atoms with E-state index in [1.54, 1.807) is 0 Å². The third-order valence-electron chi connectivity index (χ3n) is 4.42. The molecule has 1 fully saturated rings. The van der Waals surface area contributed by atoms with Gasteiger partial charge >= 0.3 is 12.1 Å². The number of halogens is 9. The second kappa shape index (κ2) is 6.96. The van der Waals surface area contributed by atoms with Crippen molar-refractivity contribution in [1.29, 1.82) is 0 Å². The van der Waals surface area contributed by atoms with Crippen molar-refractivity contribution in [3.05, 3.63) is 45.8 Å². The number of hydrogen-bond donors (Lipinski definition) is 0. The van der Waals surface area contributed by atoms with Crippen molar-refractivity contribution in [3.8, 4) is 0 Å². The second-order valence-corrected chi connectivity index (χ2v) is 6.90. The summed E-state index contributed by atoms with van der Waals surface area (Å²) in [5.41, 5.74) is -2.36. The first-order valence-corrected chi connectivity index (χ1v) is 7.70. The Labute approximate surface area is 152 Å². The fourth-order valence-corrected chi connectivity index (χ4v) is 2.84. The number of ether oxygens (including phenoxy) is 1. The SMILES string of the molecule is CC1(C)C(/C=C(/Cl)C(F)(F)F)C1C(=O)OCc1c(F)c(F)c(F)c(F)c1F. The van der Waals surface area contributed by atoms with Crippen molar-refractivity contribution in [2.24, 2.45) is 17.3 Å². The fraction of sp³-hybridized carbons (Fsp3) is 0.438. The molecule has 0 aromatic heterocycles. The van der Waals surface area contributed by atoms with Gasteiger partial charge < -0.3 is 4.74 Å². The van der Waals surface area contributed by atoms with Crippen molar-refractivity contribution in [3.63, 3.8) is 0 Å². The first kappa shape index (κ1) is 21.5. The summed E-state index contributed by atoms with van der Waals surface area (Å²) in [5.74, 6) is -14.4. The third kappa shape index (κ3) is 3.90. The van der Waals surface area contributed by atoms with E-state index in [1.165, 1.54) is 13.8 Å². The Bertz CT molecular complexity index is 787. The molecule has 0 saturated heterocycles. The molecule has 150 valence electrons. The number of benzene rings is 1. The number of alkyl halides is 3. The average Bonchev–Trinajstić information content (AvgIpc) is 3.10. The Kier molecular flexibility index (Phi) is 5.53. The van der Waals surface area contributed by atoms with Crippen LogP contribution in [0.4, 0.5) is 35.1 Å². The van der Waals surface area contributed by atoms with E-state index in [2.05, 4.69) is 4.74 Å². The molecule has 1 aromatic carbocycles. The summed E-state index contributed by atoms with van der Waals surface area (Å²) < 4.78 is 108. The minimum atomic E-state index is -4.82. The molecule has 2 rings (SSSR count). The van der Waals surface area contributed by atoms with Gasteiger partial charge in [-0.25, -0.2) is 22.0 Å². The Hall–Kier alpha value is -1.84. The number of carbonyl (C=O) groups excluding carboxylic acids is 1. The lowest BCUT2D eigenvalue weighted by molar-refractivity contribution is -0.147. The smallest absolute Gasteiger partial charge is 0.426 e. The first-order valence-electron chi connectivity index (χ1n) is 7.32. The maximum Gasteiger partial charge on any atom is 0.426 e. The highest BCUT2D eigenvalue weighted by molar-refractivity contribution is 6.30. The lowest BCUT2D eigenvalue weighted by Gasteiger charge is -2.09. The van der Waals surface area contributed by atoms with E-state index in [9.17, 15) is 39.9 Å². The van der Waals surface area contributed by atoms with Gasteiger partial charge in [0.25, 0.3) is 0 Å². The molecule has 1 saturated carbocycles. The number of allylic oxidation sites excluding steroid dienone is 2. The van der Waals surface area contributed by atoms with Gasteiger partial charge in [0.05, 0.1) is 11.5 Å². The van der Waals surface area contributed by atoms with Gasteiger partial charge in [0.1, 0.15) is 11.6 Å². The van der Waals surface area contributed by atoms with Crippen molar-refractivity contribution >= 4 is 17.6 Å². The van der Waals surface area contributed by atoms with Gasteiger partial charge in [-0.3, -0.25) is 4.79 Å². The second-order valence-electron chi connectivity index (χ2n) is 6.49. The molecule has 2 nitrogen and oxygen atoms in total. The van der Waals surface area contributed by atoms with Crippen molar-refractivity contribution in [1.82, 2.24) is 0 Å². The topological polar surface area (TPSA) is 26.3 Å². The predicted molar refractivity (Wildman–Crippen MR) is 76.8 cm³/mol. The van der Waals surface area contributed by atoms with Crippen LogP contribution in [-0.2, 0) is 16.1 Å². The van der Waals surface area contributed by atoms with Crippen molar-refractivity contribution in [2.75, 3.05) is 0 Å². The number of esters is 1. The molecule has 0 radical (unpaired) electrons. The maximum atomic E-state index is 13.5. The minimum absolute atomic E-state index is 0.617. The summed E-state index contributed by atoms with van der Waals surface area (Å²) in [6.45, 7) is 1.58. The number of carbonyl (C=O) groups is 1. The van der Waals surface area contributed by atoms with Crippen LogP contribution in [0.2, 0.25) is 0 Å². The molecule has 2 atom stereocenters. The summed E-state index contributed by atoms with van der Waals surface area (Å²) in [5, 5.41) is -1.45. The normalized spacial score (nSPS) is 22.0. The number of rotatable bonds is 4. The molecule has 0 aliphatic heterocycles. The van der Waals surface area contributed by atoms with E-state index in [-0.39, 0.29) is 0 Å². The molecule has 1 aromatic rings. The van der Waals surface area contributed by atoms with Crippen molar-refractivity contribution in [2.45, 2.75) is 26.6 Å². The van der Waals surface area contributed by atoms with Gasteiger partial charge in [-0.1, -0.05) is 31.5 Å². The van der Waals surface area contributed by atoms with Crippen LogP contribution in [0, 0.1) is 46.3 Å². The van der Waals surface area contributed by atoms with E-state index in [0.717, 1.165) is 0 Å². The molecule has 1 aliphatic rings. The quantitative estimate of drug-likeness (QED) is 0.282. The first-order chi connectivity index (χ1) is 12.2. The minimum Gasteiger partial charge on any atom is -0.460 e. The van der Waals surface area contributed by atoms with Gasteiger partial charge in [0.15, 0.2) is 23.3 Å².